The number of fused-ring (bicyclic) bond motifs is 1. The van der Waals surface area contributed by atoms with Crippen molar-refractivity contribution in [1.82, 2.24) is 19.6 Å². The molecule has 1 aromatic carbocycles. The van der Waals surface area contributed by atoms with Gasteiger partial charge in [0.25, 0.3) is 0 Å². The minimum absolute atomic E-state index is 0.329. The largest absolute Gasteiger partial charge is 0.378 e. The summed E-state index contributed by atoms with van der Waals surface area (Å²) in [6.45, 7) is 3.32. The molecule has 0 aliphatic carbocycles. The van der Waals surface area contributed by atoms with Gasteiger partial charge >= 0.3 is 0 Å². The number of morpholine rings is 1. The predicted molar refractivity (Wildman–Crippen MR) is 88.5 cm³/mol. The van der Waals surface area contributed by atoms with Crippen molar-refractivity contribution in [2.24, 2.45) is 0 Å². The number of nitrogens with zero attached hydrogens (tertiary/aromatic N) is 5. The number of ether oxygens (including phenoxy) is 1. The highest BCUT2D eigenvalue weighted by molar-refractivity contribution is 6.32. The van der Waals surface area contributed by atoms with E-state index in [2.05, 4.69) is 37.4 Å². The number of aromatic nitrogens is 4. The first-order valence-electron chi connectivity index (χ1n) is 7.36. The Morgan fingerprint density at radius 2 is 2.09 bits per heavy atom. The lowest BCUT2D eigenvalue weighted by Gasteiger charge is -2.29. The molecule has 0 unspecified atom stereocenters. The fourth-order valence-corrected chi connectivity index (χ4v) is 2.76. The zero-order chi connectivity index (χ0) is 15.6. The van der Waals surface area contributed by atoms with Crippen LogP contribution in [-0.4, -0.2) is 45.9 Å². The smallest absolute Gasteiger partial charge is 0.247 e. The molecule has 7 nitrogen and oxygen atoms in total. The van der Waals surface area contributed by atoms with Crippen molar-refractivity contribution in [3.8, 4) is 0 Å². The van der Waals surface area contributed by atoms with Crippen LogP contribution in [0.2, 0.25) is 5.15 Å². The first-order chi connectivity index (χ1) is 11.3. The van der Waals surface area contributed by atoms with E-state index in [0.717, 1.165) is 37.7 Å². The van der Waals surface area contributed by atoms with Gasteiger partial charge < -0.3 is 15.0 Å². The second kappa shape index (κ2) is 6.02. The third-order valence-corrected chi connectivity index (χ3v) is 3.96. The summed E-state index contributed by atoms with van der Waals surface area (Å²) in [7, 11) is 0. The molecule has 8 heteroatoms. The summed E-state index contributed by atoms with van der Waals surface area (Å²) in [4.78, 5) is 10.7. The van der Waals surface area contributed by atoms with Gasteiger partial charge in [-0.25, -0.2) is 9.50 Å². The molecule has 1 aliphatic heterocycles. The molecular formula is C15H15ClN6O. The topological polar surface area (TPSA) is 67.6 Å². The standard InChI is InChI=1S/C15H15ClN6O/c16-13-14-19-15(20-22(14)5-4-17-13)18-11-2-1-3-12(10-11)21-6-8-23-9-7-21/h1-5,10H,6-9H2,(H,18,20). The summed E-state index contributed by atoms with van der Waals surface area (Å²) in [5.41, 5.74) is 2.61. The van der Waals surface area contributed by atoms with Crippen LogP contribution < -0.4 is 10.2 Å². The van der Waals surface area contributed by atoms with Gasteiger partial charge in [-0.15, -0.1) is 5.10 Å². The highest BCUT2D eigenvalue weighted by Gasteiger charge is 2.12. The van der Waals surface area contributed by atoms with Crippen LogP contribution in [0.4, 0.5) is 17.3 Å². The molecule has 0 amide bonds. The molecule has 3 aromatic rings. The first-order valence-corrected chi connectivity index (χ1v) is 7.74. The summed E-state index contributed by atoms with van der Waals surface area (Å²) in [6, 6.07) is 8.16. The fourth-order valence-electron chi connectivity index (χ4n) is 2.57. The van der Waals surface area contributed by atoms with E-state index in [9.17, 15) is 0 Å². The van der Waals surface area contributed by atoms with Crippen LogP contribution in [0.15, 0.2) is 36.7 Å². The molecule has 0 bridgehead atoms. The van der Waals surface area contributed by atoms with E-state index in [-0.39, 0.29) is 0 Å². The monoisotopic (exact) mass is 330 g/mol. The number of anilines is 3. The molecule has 0 saturated carbocycles. The lowest BCUT2D eigenvalue weighted by atomic mass is 10.2. The number of halogens is 1. The van der Waals surface area contributed by atoms with Crippen LogP contribution in [0.5, 0.6) is 0 Å². The molecule has 0 atom stereocenters. The Bertz CT molecular complexity index is 830. The van der Waals surface area contributed by atoms with Gasteiger partial charge in [0.15, 0.2) is 10.8 Å². The van der Waals surface area contributed by atoms with Crippen molar-refractivity contribution in [1.29, 1.82) is 0 Å². The van der Waals surface area contributed by atoms with Crippen LogP contribution >= 0.6 is 11.6 Å². The third kappa shape index (κ3) is 2.93. The number of hydrogen-bond acceptors (Lipinski definition) is 6. The minimum atomic E-state index is 0.329. The van der Waals surface area contributed by atoms with Crippen molar-refractivity contribution in [2.75, 3.05) is 36.5 Å². The first kappa shape index (κ1) is 14.2. The van der Waals surface area contributed by atoms with Crippen molar-refractivity contribution < 1.29 is 4.74 Å². The van der Waals surface area contributed by atoms with Crippen LogP contribution in [0, 0.1) is 0 Å². The van der Waals surface area contributed by atoms with Crippen LogP contribution in [-0.2, 0) is 4.74 Å². The van der Waals surface area contributed by atoms with Crippen LogP contribution in [0.3, 0.4) is 0 Å². The summed E-state index contributed by atoms with van der Waals surface area (Å²) < 4.78 is 6.99. The minimum Gasteiger partial charge on any atom is -0.378 e. The quantitative estimate of drug-likeness (QED) is 0.795. The maximum atomic E-state index is 6.02. The second-order valence-electron chi connectivity index (χ2n) is 5.20. The molecule has 118 valence electrons. The lowest BCUT2D eigenvalue weighted by Crippen LogP contribution is -2.36. The molecule has 0 radical (unpaired) electrons. The molecule has 3 heterocycles. The van der Waals surface area contributed by atoms with Crippen LogP contribution in [0.1, 0.15) is 0 Å². The Hall–Kier alpha value is -2.38. The number of hydrogen-bond donors (Lipinski definition) is 1. The molecule has 23 heavy (non-hydrogen) atoms. The average molecular weight is 331 g/mol. The highest BCUT2D eigenvalue weighted by Crippen LogP contribution is 2.23. The van der Waals surface area contributed by atoms with Crippen molar-refractivity contribution >= 4 is 34.6 Å². The van der Waals surface area contributed by atoms with Gasteiger partial charge in [-0.1, -0.05) is 17.7 Å². The van der Waals surface area contributed by atoms with E-state index >= 15 is 0 Å². The van der Waals surface area contributed by atoms with Crippen molar-refractivity contribution in [2.45, 2.75) is 0 Å². The average Bonchev–Trinajstić information content (AvgIpc) is 3.00. The molecule has 1 saturated heterocycles. The van der Waals surface area contributed by atoms with Crippen molar-refractivity contribution in [3.63, 3.8) is 0 Å². The van der Waals surface area contributed by atoms with E-state index in [1.807, 2.05) is 12.1 Å². The number of benzene rings is 1. The number of nitrogens with one attached hydrogen (secondary N) is 1. The molecule has 0 spiro atoms. The third-order valence-electron chi connectivity index (χ3n) is 3.69. The normalized spacial score (nSPS) is 15.1. The van der Waals surface area contributed by atoms with Gasteiger partial charge in [-0.05, 0) is 18.2 Å². The Morgan fingerprint density at radius 1 is 1.22 bits per heavy atom. The summed E-state index contributed by atoms with van der Waals surface area (Å²) in [5, 5.41) is 7.89. The van der Waals surface area contributed by atoms with Gasteiger partial charge in [0.2, 0.25) is 5.95 Å². The van der Waals surface area contributed by atoms with E-state index in [0.29, 0.717) is 16.7 Å². The molecule has 1 aliphatic rings. The van der Waals surface area contributed by atoms with Gasteiger partial charge in [0.1, 0.15) is 0 Å². The predicted octanol–water partition coefficient (Wildman–Crippen LogP) is 2.36. The molecule has 2 aromatic heterocycles. The Balaban J connectivity index is 1.59. The maximum absolute atomic E-state index is 6.02. The Morgan fingerprint density at radius 3 is 2.91 bits per heavy atom. The van der Waals surface area contributed by atoms with Crippen LogP contribution in [0.25, 0.3) is 5.65 Å². The van der Waals surface area contributed by atoms with E-state index < -0.39 is 0 Å². The summed E-state index contributed by atoms with van der Waals surface area (Å²) in [5.74, 6) is 0.485. The maximum Gasteiger partial charge on any atom is 0.247 e. The van der Waals surface area contributed by atoms with E-state index in [1.165, 1.54) is 0 Å². The van der Waals surface area contributed by atoms with Gasteiger partial charge in [-0.3, -0.25) is 0 Å². The molecule has 4 rings (SSSR count). The van der Waals surface area contributed by atoms with E-state index in [4.69, 9.17) is 16.3 Å². The Kier molecular flexibility index (Phi) is 3.72. The van der Waals surface area contributed by atoms with Gasteiger partial charge in [0.05, 0.1) is 13.2 Å². The SMILES string of the molecule is Clc1nccn2nc(Nc3cccc(N4CCOCC4)c3)nc12. The lowest BCUT2D eigenvalue weighted by molar-refractivity contribution is 0.122. The highest BCUT2D eigenvalue weighted by atomic mass is 35.5. The summed E-state index contributed by atoms with van der Waals surface area (Å²) in [6.07, 6.45) is 3.30. The zero-order valence-corrected chi connectivity index (χ0v) is 13.1. The van der Waals surface area contributed by atoms with Crippen molar-refractivity contribution in [3.05, 3.63) is 41.8 Å². The molecular weight excluding hydrogens is 316 g/mol. The van der Waals surface area contributed by atoms with E-state index in [1.54, 1.807) is 16.9 Å². The number of rotatable bonds is 3. The molecule has 1 fully saturated rings. The van der Waals surface area contributed by atoms with Gasteiger partial charge in [0, 0.05) is 36.9 Å². The second-order valence-corrected chi connectivity index (χ2v) is 5.55. The van der Waals surface area contributed by atoms with Gasteiger partial charge in [-0.2, -0.15) is 4.98 Å². The Labute approximate surface area is 137 Å². The summed E-state index contributed by atoms with van der Waals surface area (Å²) >= 11 is 6.02. The zero-order valence-electron chi connectivity index (χ0n) is 12.3. The fraction of sp³-hybridized carbons (Fsp3) is 0.267. The molecule has 1 N–H and O–H groups in total.